The largest absolute Gasteiger partial charge is 0.456 e. The third kappa shape index (κ3) is 5.34. The van der Waals surface area contributed by atoms with Crippen LogP contribution in [0, 0.1) is 22.7 Å². The number of aliphatic hydroxyl groups excluding tert-OH is 2. The van der Waals surface area contributed by atoms with E-state index in [1.54, 1.807) is 12.1 Å². The molecule has 0 amide bonds. The molecule has 0 spiro atoms. The fourth-order valence-electron chi connectivity index (χ4n) is 8.03. The van der Waals surface area contributed by atoms with Gasteiger partial charge < -0.3 is 10.2 Å². The van der Waals surface area contributed by atoms with Crippen LogP contribution in [0.2, 0.25) is 0 Å². The number of hydrogen-bond donors (Lipinski definition) is 4. The second-order valence-electron chi connectivity index (χ2n) is 11.8. The summed E-state index contributed by atoms with van der Waals surface area (Å²) in [4.78, 5) is 0. The highest BCUT2D eigenvalue weighted by Crippen LogP contribution is 2.69. The van der Waals surface area contributed by atoms with E-state index in [-0.39, 0.29) is 35.3 Å². The van der Waals surface area contributed by atoms with Crippen molar-refractivity contribution in [3.63, 3.8) is 0 Å². The van der Waals surface area contributed by atoms with Gasteiger partial charge in [-0.3, -0.25) is 9.27 Å². The van der Waals surface area contributed by atoms with Gasteiger partial charge in [0, 0.05) is 0 Å². The van der Waals surface area contributed by atoms with Crippen LogP contribution in [0.3, 0.4) is 0 Å². The lowest BCUT2D eigenvalue weighted by atomic mass is 9.44. The second kappa shape index (κ2) is 10.3. The lowest BCUT2D eigenvalue weighted by Gasteiger charge is -2.60. The minimum atomic E-state index is -5.82. The Morgan fingerprint density at radius 3 is 2.51 bits per heavy atom. The summed E-state index contributed by atoms with van der Waals surface area (Å²) in [5.74, 6) is -5.18. The molecule has 2 fully saturated rings. The predicted molar refractivity (Wildman–Crippen MR) is 136 cm³/mol. The Morgan fingerprint density at radius 1 is 1.21 bits per heavy atom. The van der Waals surface area contributed by atoms with Gasteiger partial charge in [-0.15, -0.1) is 6.58 Å². The third-order valence-corrected chi connectivity index (χ3v) is 10.2. The van der Waals surface area contributed by atoms with Crippen LogP contribution in [0.25, 0.3) is 0 Å². The summed E-state index contributed by atoms with van der Waals surface area (Å²) < 4.78 is 98.8. The predicted octanol–water partition coefficient (Wildman–Crippen LogP) is 6.02. The van der Waals surface area contributed by atoms with Crippen molar-refractivity contribution in [2.24, 2.45) is 22.7 Å². The summed E-state index contributed by atoms with van der Waals surface area (Å²) in [6, 6.07) is 5.06. The summed E-state index contributed by atoms with van der Waals surface area (Å²) in [6.07, 6.45) is -3.73. The molecule has 0 radical (unpaired) electrons. The molecule has 0 heterocycles. The molecule has 7 atom stereocenters. The molecule has 0 saturated heterocycles. The fourth-order valence-corrected chi connectivity index (χ4v) is 8.46. The molecular formula is C27H36F5NO5S. The zero-order valence-electron chi connectivity index (χ0n) is 21.7. The molecule has 3 aliphatic rings. The molecule has 4 N–H and O–H groups in total. The number of fused-ring (bicyclic) bond motifs is 5. The van der Waals surface area contributed by atoms with Gasteiger partial charge in [0.2, 0.25) is 0 Å². The van der Waals surface area contributed by atoms with E-state index in [1.165, 1.54) is 0 Å². The van der Waals surface area contributed by atoms with Gasteiger partial charge in [0.05, 0.1) is 11.8 Å². The first kappa shape index (κ1) is 30.2. The van der Waals surface area contributed by atoms with Crippen LogP contribution in [0.4, 0.5) is 27.6 Å². The van der Waals surface area contributed by atoms with Gasteiger partial charge in [0.1, 0.15) is 6.10 Å². The topological polar surface area (TPSA) is 107 Å². The summed E-state index contributed by atoms with van der Waals surface area (Å²) in [6.45, 7) is 6.25. The highest BCUT2D eigenvalue weighted by Gasteiger charge is 2.64. The summed E-state index contributed by atoms with van der Waals surface area (Å²) in [5.41, 5.74) is 1.30. The van der Waals surface area contributed by atoms with Gasteiger partial charge in [-0.25, -0.2) is 0 Å². The van der Waals surface area contributed by atoms with Gasteiger partial charge in [-0.2, -0.15) is 30.4 Å². The Balaban J connectivity index is 1.62. The SMILES string of the molecule is C=CC12CCc3cc(NS(=O)(=O)O)ccc3C1[C@@H](CCCCC(O)C(F)(F)C(F)(F)F)C[C@@]1(C)C2CC[C@@H]1O. The highest BCUT2D eigenvalue weighted by atomic mass is 32.2. The molecule has 2 saturated carbocycles. The van der Waals surface area contributed by atoms with E-state index in [2.05, 4.69) is 18.2 Å². The minimum absolute atomic E-state index is 0.0239. The molecule has 39 heavy (non-hydrogen) atoms. The van der Waals surface area contributed by atoms with Gasteiger partial charge in [0.25, 0.3) is 0 Å². The number of unbranched alkanes of at least 4 members (excludes halogenated alkanes) is 1. The summed E-state index contributed by atoms with van der Waals surface area (Å²) >= 11 is 0. The lowest BCUT2D eigenvalue weighted by Crippen LogP contribution is -2.54. The van der Waals surface area contributed by atoms with Crippen LogP contribution < -0.4 is 4.72 Å². The maximum atomic E-state index is 13.5. The third-order valence-electron chi connectivity index (χ3n) is 9.72. The molecule has 1 aromatic carbocycles. The van der Waals surface area contributed by atoms with Gasteiger partial charge in [-0.1, -0.05) is 31.9 Å². The van der Waals surface area contributed by atoms with Crippen molar-refractivity contribution < 1.29 is 45.1 Å². The molecule has 6 nitrogen and oxygen atoms in total. The van der Waals surface area contributed by atoms with Crippen molar-refractivity contribution in [1.82, 2.24) is 0 Å². The van der Waals surface area contributed by atoms with Crippen molar-refractivity contribution in [2.75, 3.05) is 4.72 Å². The Hall–Kier alpha value is -1.76. The van der Waals surface area contributed by atoms with Gasteiger partial charge in [-0.05, 0) is 96.8 Å². The number of benzene rings is 1. The number of anilines is 1. The van der Waals surface area contributed by atoms with E-state index in [4.69, 9.17) is 0 Å². The second-order valence-corrected chi connectivity index (χ2v) is 13.0. The lowest BCUT2D eigenvalue weighted by molar-refractivity contribution is -0.313. The number of aliphatic hydroxyl groups is 2. The molecular weight excluding hydrogens is 545 g/mol. The van der Waals surface area contributed by atoms with E-state index in [9.17, 15) is 45.1 Å². The maximum absolute atomic E-state index is 13.5. The fraction of sp³-hybridized carbons (Fsp3) is 0.704. The van der Waals surface area contributed by atoms with Crippen molar-refractivity contribution in [3.05, 3.63) is 42.0 Å². The van der Waals surface area contributed by atoms with E-state index in [1.807, 2.05) is 12.1 Å². The quantitative estimate of drug-likeness (QED) is 0.124. The monoisotopic (exact) mass is 581 g/mol. The van der Waals surface area contributed by atoms with Crippen molar-refractivity contribution in [3.8, 4) is 0 Å². The number of alkyl halides is 5. The molecule has 220 valence electrons. The molecule has 1 aromatic rings. The summed E-state index contributed by atoms with van der Waals surface area (Å²) in [7, 11) is -4.46. The number of halogens is 5. The van der Waals surface area contributed by atoms with Crippen molar-refractivity contribution in [2.45, 2.75) is 94.9 Å². The molecule has 3 aliphatic carbocycles. The Morgan fingerprint density at radius 2 is 1.90 bits per heavy atom. The minimum Gasteiger partial charge on any atom is -0.393 e. The normalized spacial score (nSPS) is 33.6. The number of rotatable bonds is 9. The van der Waals surface area contributed by atoms with Gasteiger partial charge >= 0.3 is 22.4 Å². The van der Waals surface area contributed by atoms with Crippen molar-refractivity contribution >= 4 is 16.0 Å². The number of aryl methyl sites for hydroxylation is 1. The maximum Gasteiger partial charge on any atom is 0.456 e. The highest BCUT2D eigenvalue weighted by molar-refractivity contribution is 7.87. The number of hydrogen-bond acceptors (Lipinski definition) is 4. The molecule has 0 bridgehead atoms. The van der Waals surface area contributed by atoms with Crippen LogP contribution in [-0.4, -0.2) is 47.5 Å². The van der Waals surface area contributed by atoms with Crippen LogP contribution in [-0.2, 0) is 16.7 Å². The van der Waals surface area contributed by atoms with E-state index >= 15 is 0 Å². The molecule has 0 aromatic heterocycles. The zero-order valence-corrected chi connectivity index (χ0v) is 22.5. The summed E-state index contributed by atoms with van der Waals surface area (Å²) in [5, 5.41) is 20.6. The average molecular weight is 582 g/mol. The first-order chi connectivity index (χ1) is 18.0. The van der Waals surface area contributed by atoms with E-state index < -0.39 is 46.4 Å². The molecule has 4 unspecified atom stereocenters. The molecule has 0 aliphatic heterocycles. The molecule has 4 rings (SSSR count). The Bertz CT molecular complexity index is 1190. The average Bonchev–Trinajstić information content (AvgIpc) is 3.13. The van der Waals surface area contributed by atoms with Gasteiger partial charge in [0.15, 0.2) is 0 Å². The van der Waals surface area contributed by atoms with Crippen LogP contribution in [0.5, 0.6) is 0 Å². The molecule has 12 heteroatoms. The number of nitrogens with one attached hydrogen (secondary N) is 1. The smallest absolute Gasteiger partial charge is 0.393 e. The zero-order chi connectivity index (χ0) is 29.0. The van der Waals surface area contributed by atoms with Crippen LogP contribution in [0.1, 0.15) is 75.3 Å². The first-order valence-corrected chi connectivity index (χ1v) is 14.7. The van der Waals surface area contributed by atoms with Crippen LogP contribution >= 0.6 is 0 Å². The number of allylic oxidation sites excluding steroid dienone is 1. The Labute approximate surface area is 225 Å². The standard InChI is InChI=1S/C27H36F5NO5S/c1-3-25-13-12-16-14-18(33-39(36,37)38)8-9-19(16)23(25)17(15-24(2)20(25)10-11-21(24)34)6-4-5-7-22(35)26(28,29)27(30,31)32/h3,8-9,14,17,20-23,33-35H,1,4-7,10-13,15H2,2H3,(H,36,37,38)/t17-,20?,21-,22?,23?,24-,25?/m0/s1. The first-order valence-electron chi connectivity index (χ1n) is 13.3. The van der Waals surface area contributed by atoms with Crippen molar-refractivity contribution in [1.29, 1.82) is 0 Å². The van der Waals surface area contributed by atoms with Crippen LogP contribution in [0.15, 0.2) is 30.9 Å². The van der Waals surface area contributed by atoms with E-state index in [0.717, 1.165) is 17.5 Å². The van der Waals surface area contributed by atoms with E-state index in [0.29, 0.717) is 38.5 Å². The Kier molecular flexibility index (Phi) is 7.94.